The van der Waals surface area contributed by atoms with Crippen LogP contribution in [0.25, 0.3) is 0 Å². The fraction of sp³-hybridized carbons (Fsp3) is 0. The average Bonchev–Trinajstić information content (AvgIpc) is 2.32. The zero-order chi connectivity index (χ0) is 14.0. The number of nitrogens with one attached hydrogen (secondary N) is 1. The molecule has 19 heavy (non-hydrogen) atoms. The Balaban J connectivity index is 2.42. The van der Waals surface area contributed by atoms with Crippen molar-refractivity contribution in [2.75, 3.05) is 11.1 Å². The molecule has 0 aliphatic heterocycles. The Labute approximate surface area is 114 Å². The van der Waals surface area contributed by atoms with Gasteiger partial charge in [0.1, 0.15) is 5.82 Å². The van der Waals surface area contributed by atoms with Crippen molar-refractivity contribution in [1.29, 1.82) is 0 Å². The molecule has 2 aromatic rings. The normalized spacial score (nSPS) is 10.2. The number of benzene rings is 2. The number of carbonyl (C=O) groups is 1. The van der Waals surface area contributed by atoms with Gasteiger partial charge in [-0.1, -0.05) is 11.6 Å². The van der Waals surface area contributed by atoms with E-state index in [-0.39, 0.29) is 10.6 Å². The lowest BCUT2D eigenvalue weighted by Gasteiger charge is -2.12. The Hall–Kier alpha value is -2.27. The van der Waals surface area contributed by atoms with Gasteiger partial charge in [0.05, 0.1) is 22.0 Å². The maximum atomic E-state index is 13.0. The number of carbonyl (C=O) groups excluding carboxylic acids is 1. The minimum Gasteiger partial charge on any atom is -0.399 e. The number of rotatable bonds is 3. The average molecular weight is 280 g/mol. The van der Waals surface area contributed by atoms with Crippen molar-refractivity contribution < 1.29 is 9.18 Å². The topological polar surface area (TPSA) is 81.1 Å². The molecule has 98 valence electrons. The second-order valence-electron chi connectivity index (χ2n) is 3.92. The largest absolute Gasteiger partial charge is 0.399 e. The molecular weight excluding hydrogens is 269 g/mol. The monoisotopic (exact) mass is 279 g/mol. The molecule has 0 fully saturated rings. The number of anilines is 3. The van der Waals surface area contributed by atoms with Crippen LogP contribution in [0, 0.1) is 5.82 Å². The molecule has 0 saturated carbocycles. The standard InChI is InChI=1S/C13H11ClFN3O/c14-10-5-7(15)1-4-11(10)18-12-6-8(16)2-3-9(12)13(17)19/h1-6,18H,16H2,(H2,17,19). The smallest absolute Gasteiger partial charge is 0.250 e. The molecule has 0 aromatic heterocycles. The van der Waals surface area contributed by atoms with Gasteiger partial charge in [-0.05, 0) is 36.4 Å². The summed E-state index contributed by atoms with van der Waals surface area (Å²) in [6.45, 7) is 0. The first-order valence-corrected chi connectivity index (χ1v) is 5.76. The third-order valence-electron chi connectivity index (χ3n) is 2.51. The van der Waals surface area contributed by atoms with Crippen LogP contribution in [-0.4, -0.2) is 5.91 Å². The summed E-state index contributed by atoms with van der Waals surface area (Å²) >= 11 is 5.90. The van der Waals surface area contributed by atoms with E-state index < -0.39 is 11.7 Å². The predicted octanol–water partition coefficient (Wildman–Crippen LogP) is 2.90. The second-order valence-corrected chi connectivity index (χ2v) is 4.33. The van der Waals surface area contributed by atoms with Crippen LogP contribution >= 0.6 is 11.6 Å². The van der Waals surface area contributed by atoms with E-state index in [0.717, 1.165) is 0 Å². The highest BCUT2D eigenvalue weighted by Gasteiger charge is 2.10. The summed E-state index contributed by atoms with van der Waals surface area (Å²) in [6, 6.07) is 8.52. The van der Waals surface area contributed by atoms with Gasteiger partial charge in [-0.3, -0.25) is 4.79 Å². The van der Waals surface area contributed by atoms with Crippen LogP contribution in [0.15, 0.2) is 36.4 Å². The molecule has 6 heteroatoms. The predicted molar refractivity (Wildman–Crippen MR) is 74.1 cm³/mol. The summed E-state index contributed by atoms with van der Waals surface area (Å²) in [5, 5.41) is 3.10. The SMILES string of the molecule is NC(=O)c1ccc(N)cc1Nc1ccc(F)cc1Cl. The van der Waals surface area contributed by atoms with E-state index in [9.17, 15) is 9.18 Å². The molecule has 0 atom stereocenters. The van der Waals surface area contributed by atoms with Gasteiger partial charge in [-0.15, -0.1) is 0 Å². The number of nitrogens with two attached hydrogens (primary N) is 2. The quantitative estimate of drug-likeness (QED) is 0.756. The number of halogens is 2. The van der Waals surface area contributed by atoms with E-state index >= 15 is 0 Å². The molecule has 0 spiro atoms. The van der Waals surface area contributed by atoms with Crippen LogP contribution < -0.4 is 16.8 Å². The molecule has 5 N–H and O–H groups in total. The fourth-order valence-electron chi connectivity index (χ4n) is 1.62. The van der Waals surface area contributed by atoms with Gasteiger partial charge in [0.25, 0.3) is 5.91 Å². The second kappa shape index (κ2) is 5.16. The Morgan fingerprint density at radius 2 is 1.89 bits per heavy atom. The molecule has 0 unspecified atom stereocenters. The number of nitrogen functional groups attached to an aromatic ring is 1. The number of hydrogen-bond donors (Lipinski definition) is 3. The summed E-state index contributed by atoms with van der Waals surface area (Å²) in [7, 11) is 0. The van der Waals surface area contributed by atoms with Crippen LogP contribution in [-0.2, 0) is 0 Å². The molecule has 2 rings (SSSR count). The van der Waals surface area contributed by atoms with Crippen LogP contribution in [0.3, 0.4) is 0 Å². The summed E-state index contributed by atoms with van der Waals surface area (Å²) in [4.78, 5) is 11.3. The number of primary amides is 1. The highest BCUT2D eigenvalue weighted by molar-refractivity contribution is 6.33. The summed E-state index contributed by atoms with van der Waals surface area (Å²) in [6.07, 6.45) is 0. The maximum absolute atomic E-state index is 13.0. The molecule has 2 aromatic carbocycles. The molecule has 0 radical (unpaired) electrons. The fourth-order valence-corrected chi connectivity index (χ4v) is 1.83. The van der Waals surface area contributed by atoms with E-state index in [2.05, 4.69) is 5.32 Å². The molecule has 1 amide bonds. The van der Waals surface area contributed by atoms with Gasteiger partial charge in [0, 0.05) is 5.69 Å². The van der Waals surface area contributed by atoms with Crippen molar-refractivity contribution in [1.82, 2.24) is 0 Å². The highest BCUT2D eigenvalue weighted by Crippen LogP contribution is 2.28. The Morgan fingerprint density at radius 1 is 1.16 bits per heavy atom. The molecule has 0 aliphatic carbocycles. The maximum Gasteiger partial charge on any atom is 0.250 e. The van der Waals surface area contributed by atoms with E-state index in [0.29, 0.717) is 17.1 Å². The molecule has 0 bridgehead atoms. The van der Waals surface area contributed by atoms with Crippen molar-refractivity contribution in [3.8, 4) is 0 Å². The van der Waals surface area contributed by atoms with E-state index in [1.807, 2.05) is 0 Å². The van der Waals surface area contributed by atoms with Crippen molar-refractivity contribution in [2.24, 2.45) is 5.73 Å². The van der Waals surface area contributed by atoms with Gasteiger partial charge < -0.3 is 16.8 Å². The summed E-state index contributed by atoms with van der Waals surface area (Å²) in [5.41, 5.74) is 12.5. The number of hydrogen-bond acceptors (Lipinski definition) is 3. The van der Waals surface area contributed by atoms with Gasteiger partial charge in [-0.25, -0.2) is 4.39 Å². The molecule has 0 saturated heterocycles. The Kier molecular flexibility index (Phi) is 3.57. The van der Waals surface area contributed by atoms with Gasteiger partial charge >= 0.3 is 0 Å². The zero-order valence-corrected chi connectivity index (χ0v) is 10.5. The van der Waals surface area contributed by atoms with E-state index in [1.165, 1.54) is 24.3 Å². The molecule has 0 heterocycles. The van der Waals surface area contributed by atoms with Crippen molar-refractivity contribution in [3.63, 3.8) is 0 Å². The lowest BCUT2D eigenvalue weighted by molar-refractivity contribution is 0.100. The van der Waals surface area contributed by atoms with Gasteiger partial charge in [-0.2, -0.15) is 0 Å². The first-order valence-electron chi connectivity index (χ1n) is 5.39. The van der Waals surface area contributed by atoms with Crippen molar-refractivity contribution in [3.05, 3.63) is 52.8 Å². The minimum absolute atomic E-state index is 0.192. The summed E-state index contributed by atoms with van der Waals surface area (Å²) in [5.74, 6) is -1.04. The molecule has 0 aliphatic rings. The third kappa shape index (κ3) is 2.95. The van der Waals surface area contributed by atoms with Crippen LogP contribution in [0.4, 0.5) is 21.5 Å². The van der Waals surface area contributed by atoms with E-state index in [4.69, 9.17) is 23.1 Å². The first kappa shape index (κ1) is 13.2. The number of amides is 1. The van der Waals surface area contributed by atoms with Gasteiger partial charge in [0.2, 0.25) is 0 Å². The first-order chi connectivity index (χ1) is 8.97. The lowest BCUT2D eigenvalue weighted by atomic mass is 10.1. The Bertz CT molecular complexity index is 646. The zero-order valence-electron chi connectivity index (χ0n) is 9.78. The summed E-state index contributed by atoms with van der Waals surface area (Å²) < 4.78 is 13.0. The lowest BCUT2D eigenvalue weighted by Crippen LogP contribution is -2.13. The van der Waals surface area contributed by atoms with Crippen molar-refractivity contribution >= 4 is 34.6 Å². The third-order valence-corrected chi connectivity index (χ3v) is 2.82. The molecular formula is C13H11ClFN3O. The van der Waals surface area contributed by atoms with Crippen LogP contribution in [0.5, 0.6) is 0 Å². The molecule has 4 nitrogen and oxygen atoms in total. The van der Waals surface area contributed by atoms with Crippen LogP contribution in [0.2, 0.25) is 5.02 Å². The Morgan fingerprint density at radius 3 is 2.53 bits per heavy atom. The van der Waals surface area contributed by atoms with Crippen molar-refractivity contribution in [2.45, 2.75) is 0 Å². The van der Waals surface area contributed by atoms with Gasteiger partial charge in [0.15, 0.2) is 0 Å². The van der Waals surface area contributed by atoms with E-state index in [1.54, 1.807) is 12.1 Å². The minimum atomic E-state index is -0.597. The van der Waals surface area contributed by atoms with Crippen LogP contribution in [0.1, 0.15) is 10.4 Å². The highest BCUT2D eigenvalue weighted by atomic mass is 35.5.